The molecule has 0 radical (unpaired) electrons. The Kier molecular flexibility index (Phi) is 6.22. The average molecular weight is 400 g/mol. The Hall–Kier alpha value is -3.28. The molecular weight excluding hydrogens is 381 g/mol. The van der Waals surface area contributed by atoms with Gasteiger partial charge in [0.15, 0.2) is 0 Å². The summed E-state index contributed by atoms with van der Waals surface area (Å²) in [6.07, 6.45) is -2.76. The zero-order valence-electron chi connectivity index (χ0n) is 15.4. The van der Waals surface area contributed by atoms with Gasteiger partial charge >= 0.3 is 12.1 Å². The molecule has 0 fully saturated rings. The molecule has 150 valence electrons. The Morgan fingerprint density at radius 2 is 1.38 bits per heavy atom. The summed E-state index contributed by atoms with van der Waals surface area (Å²) >= 11 is 0. The number of aryl methyl sites for hydroxylation is 1. The molecule has 0 unspecified atom stereocenters. The Labute approximate surface area is 166 Å². The van der Waals surface area contributed by atoms with E-state index in [2.05, 4.69) is 0 Å². The van der Waals surface area contributed by atoms with Crippen molar-refractivity contribution in [2.24, 2.45) is 0 Å². The van der Waals surface area contributed by atoms with Crippen LogP contribution >= 0.6 is 0 Å². The minimum absolute atomic E-state index is 0.213. The summed E-state index contributed by atoms with van der Waals surface area (Å²) in [5, 5.41) is 8.87. The van der Waals surface area contributed by atoms with Gasteiger partial charge in [-0.25, -0.2) is 4.79 Å². The fourth-order valence-electron chi connectivity index (χ4n) is 2.88. The zero-order chi connectivity index (χ0) is 20.9. The molecule has 0 aliphatic heterocycles. The Balaban J connectivity index is 1.50. The summed E-state index contributed by atoms with van der Waals surface area (Å²) in [4.78, 5) is 10.8. The average Bonchev–Trinajstić information content (AvgIpc) is 2.71. The summed E-state index contributed by atoms with van der Waals surface area (Å²) < 4.78 is 43.5. The molecule has 6 heteroatoms. The first-order valence-electron chi connectivity index (χ1n) is 9.06. The van der Waals surface area contributed by atoms with E-state index in [1.54, 1.807) is 12.1 Å². The zero-order valence-corrected chi connectivity index (χ0v) is 15.4. The quantitative estimate of drug-likeness (QED) is 0.489. The molecule has 3 aromatic rings. The molecule has 0 heterocycles. The van der Waals surface area contributed by atoms with E-state index >= 15 is 0 Å². The molecule has 0 aliphatic carbocycles. The molecule has 0 atom stereocenters. The monoisotopic (exact) mass is 400 g/mol. The van der Waals surface area contributed by atoms with Crippen molar-refractivity contribution in [3.63, 3.8) is 0 Å². The van der Waals surface area contributed by atoms with E-state index in [-0.39, 0.29) is 5.56 Å². The second-order valence-electron chi connectivity index (χ2n) is 6.55. The smallest absolute Gasteiger partial charge is 0.416 e. The number of halogens is 3. The van der Waals surface area contributed by atoms with Gasteiger partial charge in [-0.15, -0.1) is 0 Å². The first-order valence-corrected chi connectivity index (χ1v) is 9.06. The third-order valence-corrected chi connectivity index (χ3v) is 4.48. The van der Waals surface area contributed by atoms with E-state index in [1.807, 2.05) is 24.3 Å². The topological polar surface area (TPSA) is 46.5 Å². The molecule has 0 saturated carbocycles. The standard InChI is InChI=1S/C23H19F3O3/c24-23(25,26)20-11-7-18(8-12-20)17-5-3-16(4-6-17)2-1-15-29-21-13-9-19(10-14-21)22(27)28/h3-14H,1-2,15H2,(H,27,28). The molecule has 0 aromatic heterocycles. The highest BCUT2D eigenvalue weighted by molar-refractivity contribution is 5.87. The molecule has 0 spiro atoms. The molecule has 0 aliphatic rings. The minimum atomic E-state index is -4.33. The van der Waals surface area contributed by atoms with Crippen molar-refractivity contribution in [2.75, 3.05) is 6.61 Å². The number of aromatic carboxylic acids is 1. The van der Waals surface area contributed by atoms with Crippen molar-refractivity contribution >= 4 is 5.97 Å². The number of hydrogen-bond acceptors (Lipinski definition) is 2. The summed E-state index contributed by atoms with van der Waals surface area (Å²) in [6.45, 7) is 0.493. The number of benzene rings is 3. The van der Waals surface area contributed by atoms with Crippen molar-refractivity contribution in [1.29, 1.82) is 0 Å². The van der Waals surface area contributed by atoms with Crippen molar-refractivity contribution in [3.8, 4) is 16.9 Å². The number of alkyl halides is 3. The van der Waals surface area contributed by atoms with Gasteiger partial charge < -0.3 is 9.84 Å². The number of carbonyl (C=O) groups is 1. The lowest BCUT2D eigenvalue weighted by Gasteiger charge is -2.09. The predicted molar refractivity (Wildman–Crippen MR) is 104 cm³/mol. The molecule has 3 nitrogen and oxygen atoms in total. The van der Waals surface area contributed by atoms with Crippen LogP contribution in [-0.2, 0) is 12.6 Å². The number of ether oxygens (including phenoxy) is 1. The van der Waals surface area contributed by atoms with Gasteiger partial charge in [0.05, 0.1) is 17.7 Å². The van der Waals surface area contributed by atoms with Crippen LogP contribution < -0.4 is 4.74 Å². The van der Waals surface area contributed by atoms with Crippen molar-refractivity contribution in [1.82, 2.24) is 0 Å². The van der Waals surface area contributed by atoms with E-state index in [1.165, 1.54) is 24.3 Å². The number of rotatable bonds is 7. The maximum atomic E-state index is 12.6. The van der Waals surface area contributed by atoms with Crippen LogP contribution in [0.4, 0.5) is 13.2 Å². The van der Waals surface area contributed by atoms with Crippen LogP contribution in [0, 0.1) is 0 Å². The van der Waals surface area contributed by atoms with Gasteiger partial charge in [0.1, 0.15) is 5.75 Å². The minimum Gasteiger partial charge on any atom is -0.494 e. The van der Waals surface area contributed by atoms with Crippen molar-refractivity contribution in [3.05, 3.63) is 89.5 Å². The SMILES string of the molecule is O=C(O)c1ccc(OCCCc2ccc(-c3ccc(C(F)(F)F)cc3)cc2)cc1. The van der Waals surface area contributed by atoms with Gasteiger partial charge in [-0.05, 0) is 65.9 Å². The molecule has 29 heavy (non-hydrogen) atoms. The highest BCUT2D eigenvalue weighted by atomic mass is 19.4. The second kappa shape index (κ2) is 8.82. The van der Waals surface area contributed by atoms with Crippen LogP contribution in [0.3, 0.4) is 0 Å². The third kappa shape index (κ3) is 5.60. The van der Waals surface area contributed by atoms with E-state index in [4.69, 9.17) is 9.84 Å². The molecular formula is C23H19F3O3. The van der Waals surface area contributed by atoms with Gasteiger partial charge in [0.25, 0.3) is 0 Å². The fraction of sp³-hybridized carbons (Fsp3) is 0.174. The normalized spacial score (nSPS) is 11.3. The highest BCUT2D eigenvalue weighted by Gasteiger charge is 2.29. The molecule has 3 rings (SSSR count). The van der Waals surface area contributed by atoms with E-state index in [0.717, 1.165) is 41.7 Å². The van der Waals surface area contributed by atoms with E-state index < -0.39 is 17.7 Å². The first-order chi connectivity index (χ1) is 13.8. The fourth-order valence-corrected chi connectivity index (χ4v) is 2.88. The lowest BCUT2D eigenvalue weighted by molar-refractivity contribution is -0.137. The Bertz CT molecular complexity index is 945. The van der Waals surface area contributed by atoms with Crippen molar-refractivity contribution < 1.29 is 27.8 Å². The first kappa shape index (κ1) is 20.5. The van der Waals surface area contributed by atoms with Gasteiger partial charge in [0, 0.05) is 0 Å². The number of carboxylic acids is 1. The van der Waals surface area contributed by atoms with Crippen LogP contribution in [-0.4, -0.2) is 17.7 Å². The highest BCUT2D eigenvalue weighted by Crippen LogP contribution is 2.31. The maximum Gasteiger partial charge on any atom is 0.416 e. The van der Waals surface area contributed by atoms with E-state index in [9.17, 15) is 18.0 Å². The van der Waals surface area contributed by atoms with Crippen LogP contribution in [0.5, 0.6) is 5.75 Å². The lowest BCUT2D eigenvalue weighted by Crippen LogP contribution is -2.03. The lowest BCUT2D eigenvalue weighted by atomic mass is 10.0. The largest absolute Gasteiger partial charge is 0.494 e. The van der Waals surface area contributed by atoms with Crippen LogP contribution in [0.25, 0.3) is 11.1 Å². The number of carboxylic acid groups (broad SMARTS) is 1. The predicted octanol–water partition coefficient (Wildman–Crippen LogP) is 6.08. The molecule has 3 aromatic carbocycles. The summed E-state index contributed by atoms with van der Waals surface area (Å²) in [6, 6.07) is 19.1. The van der Waals surface area contributed by atoms with Crippen LogP contribution in [0.2, 0.25) is 0 Å². The summed E-state index contributed by atoms with van der Waals surface area (Å²) in [7, 11) is 0. The third-order valence-electron chi connectivity index (χ3n) is 4.48. The van der Waals surface area contributed by atoms with Gasteiger partial charge in [-0.3, -0.25) is 0 Å². The Morgan fingerprint density at radius 3 is 1.90 bits per heavy atom. The second-order valence-corrected chi connectivity index (χ2v) is 6.55. The molecule has 0 amide bonds. The van der Waals surface area contributed by atoms with Gasteiger partial charge in [-0.1, -0.05) is 36.4 Å². The molecule has 1 N–H and O–H groups in total. The van der Waals surface area contributed by atoms with Crippen LogP contribution in [0.1, 0.15) is 27.9 Å². The number of hydrogen-bond donors (Lipinski definition) is 1. The summed E-state index contributed by atoms with van der Waals surface area (Å²) in [5.74, 6) is -0.357. The Morgan fingerprint density at radius 1 is 0.828 bits per heavy atom. The molecule has 0 saturated heterocycles. The van der Waals surface area contributed by atoms with E-state index in [0.29, 0.717) is 12.4 Å². The van der Waals surface area contributed by atoms with Gasteiger partial charge in [-0.2, -0.15) is 13.2 Å². The maximum absolute atomic E-state index is 12.6. The van der Waals surface area contributed by atoms with Gasteiger partial charge in [0.2, 0.25) is 0 Å². The van der Waals surface area contributed by atoms with Crippen molar-refractivity contribution in [2.45, 2.75) is 19.0 Å². The molecule has 0 bridgehead atoms. The summed E-state index contributed by atoms with van der Waals surface area (Å²) in [5.41, 5.74) is 2.25. The van der Waals surface area contributed by atoms with Crippen LogP contribution in [0.15, 0.2) is 72.8 Å².